The molecule has 0 bridgehead atoms. The molecule has 0 N–H and O–H groups in total. The number of carbonyl (C=O) groups is 1. The monoisotopic (exact) mass is 164 g/mol. The molecule has 62 valence electrons. The molecule has 0 saturated heterocycles. The number of aromatic nitrogens is 2. The molecule has 0 aromatic carbocycles. The lowest BCUT2D eigenvalue weighted by Gasteiger charge is -1.90. The maximum absolute atomic E-state index is 10.6. The van der Waals surface area contributed by atoms with Crippen LogP contribution in [0.2, 0.25) is 0 Å². The second-order valence-corrected chi connectivity index (χ2v) is 2.03. The van der Waals surface area contributed by atoms with E-state index in [2.05, 4.69) is 14.7 Å². The molecule has 0 spiro atoms. The van der Waals surface area contributed by atoms with Gasteiger partial charge in [-0.3, -0.25) is 0 Å². The van der Waals surface area contributed by atoms with Gasteiger partial charge in [-0.1, -0.05) is 0 Å². The number of rotatable bonds is 2. The SMILES string of the molecule is COC(=O)/C=C\c1cncnc1. The van der Waals surface area contributed by atoms with Crippen molar-refractivity contribution in [2.24, 2.45) is 0 Å². The quantitative estimate of drug-likeness (QED) is 0.476. The predicted octanol–water partition coefficient (Wildman–Crippen LogP) is 0.663. The van der Waals surface area contributed by atoms with Crippen LogP contribution in [0.3, 0.4) is 0 Å². The molecule has 4 nitrogen and oxygen atoms in total. The molecule has 1 aromatic heterocycles. The highest BCUT2D eigenvalue weighted by Gasteiger charge is 1.90. The average molecular weight is 164 g/mol. The Bertz CT molecular complexity index is 282. The fourth-order valence-corrected chi connectivity index (χ4v) is 0.629. The number of nitrogens with zero attached hydrogens (tertiary/aromatic N) is 2. The molecular weight excluding hydrogens is 156 g/mol. The van der Waals surface area contributed by atoms with Crippen molar-refractivity contribution in [1.29, 1.82) is 0 Å². The first-order valence-electron chi connectivity index (χ1n) is 3.34. The van der Waals surface area contributed by atoms with E-state index in [0.29, 0.717) is 0 Å². The van der Waals surface area contributed by atoms with E-state index < -0.39 is 0 Å². The van der Waals surface area contributed by atoms with Crippen molar-refractivity contribution >= 4 is 12.0 Å². The fourth-order valence-electron chi connectivity index (χ4n) is 0.629. The fraction of sp³-hybridized carbons (Fsp3) is 0.125. The van der Waals surface area contributed by atoms with Gasteiger partial charge in [0.15, 0.2) is 0 Å². The standard InChI is InChI=1S/C8H8N2O2/c1-12-8(11)3-2-7-4-9-6-10-5-7/h2-6H,1H3/b3-2-. The molecule has 0 radical (unpaired) electrons. The molecule has 1 rings (SSSR count). The lowest BCUT2D eigenvalue weighted by atomic mass is 10.3. The van der Waals surface area contributed by atoms with Crippen LogP contribution in [0.1, 0.15) is 5.56 Å². The first-order valence-corrected chi connectivity index (χ1v) is 3.34. The van der Waals surface area contributed by atoms with E-state index in [0.717, 1.165) is 5.56 Å². The van der Waals surface area contributed by atoms with Gasteiger partial charge in [0.2, 0.25) is 0 Å². The van der Waals surface area contributed by atoms with Gasteiger partial charge in [0, 0.05) is 24.0 Å². The van der Waals surface area contributed by atoms with Crippen LogP contribution in [0.25, 0.3) is 6.08 Å². The minimum Gasteiger partial charge on any atom is -0.466 e. The number of methoxy groups -OCH3 is 1. The van der Waals surface area contributed by atoms with E-state index in [-0.39, 0.29) is 5.97 Å². The molecule has 1 heterocycles. The highest BCUT2D eigenvalue weighted by Crippen LogP contribution is 1.95. The second-order valence-electron chi connectivity index (χ2n) is 2.03. The normalized spacial score (nSPS) is 10.1. The maximum atomic E-state index is 10.6. The highest BCUT2D eigenvalue weighted by molar-refractivity contribution is 5.86. The summed E-state index contributed by atoms with van der Waals surface area (Å²) in [5, 5.41) is 0. The number of hydrogen-bond acceptors (Lipinski definition) is 4. The van der Waals surface area contributed by atoms with E-state index in [1.54, 1.807) is 18.5 Å². The summed E-state index contributed by atoms with van der Waals surface area (Å²) < 4.78 is 4.41. The van der Waals surface area contributed by atoms with Crippen LogP contribution in [-0.4, -0.2) is 23.0 Å². The third kappa shape index (κ3) is 2.49. The molecule has 0 amide bonds. The van der Waals surface area contributed by atoms with Crippen LogP contribution in [0.5, 0.6) is 0 Å². The van der Waals surface area contributed by atoms with Crippen molar-refractivity contribution in [3.63, 3.8) is 0 Å². The second kappa shape index (κ2) is 4.23. The molecule has 0 atom stereocenters. The van der Waals surface area contributed by atoms with Crippen molar-refractivity contribution < 1.29 is 9.53 Å². The summed E-state index contributed by atoms with van der Waals surface area (Å²) in [5.74, 6) is -0.390. The van der Waals surface area contributed by atoms with E-state index in [4.69, 9.17) is 0 Å². The molecule has 0 aliphatic carbocycles. The van der Waals surface area contributed by atoms with Crippen LogP contribution in [0.4, 0.5) is 0 Å². The molecule has 0 aliphatic rings. The number of esters is 1. The summed E-state index contributed by atoms with van der Waals surface area (Å²) in [5.41, 5.74) is 0.767. The van der Waals surface area contributed by atoms with Crippen LogP contribution >= 0.6 is 0 Å². The molecule has 0 unspecified atom stereocenters. The molecule has 1 aromatic rings. The van der Waals surface area contributed by atoms with Crippen molar-refractivity contribution in [3.8, 4) is 0 Å². The van der Waals surface area contributed by atoms with Gasteiger partial charge in [0.1, 0.15) is 6.33 Å². The smallest absolute Gasteiger partial charge is 0.330 e. The van der Waals surface area contributed by atoms with Gasteiger partial charge in [-0.25, -0.2) is 14.8 Å². The first-order chi connectivity index (χ1) is 5.83. The van der Waals surface area contributed by atoms with Gasteiger partial charge >= 0.3 is 5.97 Å². The zero-order valence-electron chi connectivity index (χ0n) is 6.60. The van der Waals surface area contributed by atoms with Gasteiger partial charge in [-0.2, -0.15) is 0 Å². The minimum atomic E-state index is -0.390. The summed E-state index contributed by atoms with van der Waals surface area (Å²) in [6.45, 7) is 0. The summed E-state index contributed by atoms with van der Waals surface area (Å²) in [6, 6.07) is 0. The third-order valence-corrected chi connectivity index (χ3v) is 1.19. The third-order valence-electron chi connectivity index (χ3n) is 1.19. The molecule has 0 fully saturated rings. The Balaban J connectivity index is 2.64. The summed E-state index contributed by atoms with van der Waals surface area (Å²) in [7, 11) is 1.33. The number of hydrogen-bond donors (Lipinski definition) is 0. The number of carbonyl (C=O) groups excluding carboxylic acids is 1. The lowest BCUT2D eigenvalue weighted by Crippen LogP contribution is -1.93. The van der Waals surface area contributed by atoms with Gasteiger partial charge < -0.3 is 4.74 Å². The molecular formula is C8H8N2O2. The number of ether oxygens (including phenoxy) is 1. The predicted molar refractivity (Wildman–Crippen MR) is 43.1 cm³/mol. The Morgan fingerprint density at radius 3 is 2.75 bits per heavy atom. The topological polar surface area (TPSA) is 52.1 Å². The first kappa shape index (κ1) is 8.39. The van der Waals surface area contributed by atoms with Gasteiger partial charge in [0.25, 0.3) is 0 Å². The summed E-state index contributed by atoms with van der Waals surface area (Å²) in [6.07, 6.45) is 7.54. The van der Waals surface area contributed by atoms with E-state index >= 15 is 0 Å². The van der Waals surface area contributed by atoms with Crippen molar-refractivity contribution in [2.75, 3.05) is 7.11 Å². The van der Waals surface area contributed by atoms with Crippen LogP contribution in [0.15, 0.2) is 24.8 Å². The largest absolute Gasteiger partial charge is 0.466 e. The zero-order chi connectivity index (χ0) is 8.81. The van der Waals surface area contributed by atoms with Crippen LogP contribution in [-0.2, 0) is 9.53 Å². The Morgan fingerprint density at radius 2 is 2.17 bits per heavy atom. The molecule has 4 heteroatoms. The Labute approximate surface area is 69.9 Å². The maximum Gasteiger partial charge on any atom is 0.330 e. The highest BCUT2D eigenvalue weighted by atomic mass is 16.5. The minimum absolute atomic E-state index is 0.390. The van der Waals surface area contributed by atoms with E-state index in [1.165, 1.54) is 19.5 Å². The van der Waals surface area contributed by atoms with E-state index in [1.807, 2.05) is 0 Å². The zero-order valence-corrected chi connectivity index (χ0v) is 6.60. The molecule has 0 aliphatic heterocycles. The molecule has 12 heavy (non-hydrogen) atoms. The van der Waals surface area contributed by atoms with Gasteiger partial charge in [-0.05, 0) is 6.08 Å². The van der Waals surface area contributed by atoms with Crippen LogP contribution in [0, 0.1) is 0 Å². The lowest BCUT2D eigenvalue weighted by molar-refractivity contribution is -0.134. The van der Waals surface area contributed by atoms with Crippen molar-refractivity contribution in [2.45, 2.75) is 0 Å². The summed E-state index contributed by atoms with van der Waals surface area (Å²) >= 11 is 0. The molecule has 0 saturated carbocycles. The van der Waals surface area contributed by atoms with Gasteiger partial charge in [-0.15, -0.1) is 0 Å². The average Bonchev–Trinajstić information content (AvgIpc) is 2.16. The van der Waals surface area contributed by atoms with Crippen molar-refractivity contribution in [3.05, 3.63) is 30.4 Å². The van der Waals surface area contributed by atoms with Crippen molar-refractivity contribution in [1.82, 2.24) is 9.97 Å². The van der Waals surface area contributed by atoms with Crippen LogP contribution < -0.4 is 0 Å². The Kier molecular flexibility index (Phi) is 2.95. The Hall–Kier alpha value is -1.71. The summed E-state index contributed by atoms with van der Waals surface area (Å²) in [4.78, 5) is 18.2. The Morgan fingerprint density at radius 1 is 1.50 bits per heavy atom. The van der Waals surface area contributed by atoms with E-state index in [9.17, 15) is 4.79 Å². The van der Waals surface area contributed by atoms with Gasteiger partial charge in [0.05, 0.1) is 7.11 Å².